The van der Waals surface area contributed by atoms with Crippen molar-refractivity contribution < 1.29 is 19.4 Å². The van der Waals surface area contributed by atoms with Crippen LogP contribution in [-0.2, 0) is 9.47 Å². The van der Waals surface area contributed by atoms with E-state index >= 15 is 0 Å². The van der Waals surface area contributed by atoms with Gasteiger partial charge in [-0.2, -0.15) is 0 Å². The minimum absolute atomic E-state index is 0.0920. The number of hydrogen-bond donors (Lipinski definition) is 1. The third kappa shape index (κ3) is 5.15. The van der Waals surface area contributed by atoms with Crippen molar-refractivity contribution in [2.75, 3.05) is 19.7 Å². The Hall–Kier alpha value is -0.810. The van der Waals surface area contributed by atoms with Crippen molar-refractivity contribution >= 4 is 6.09 Å². The van der Waals surface area contributed by atoms with E-state index in [0.717, 1.165) is 25.9 Å². The summed E-state index contributed by atoms with van der Waals surface area (Å²) in [5, 5.41) is 10.2. The van der Waals surface area contributed by atoms with E-state index in [1.807, 2.05) is 20.8 Å². The third-order valence-electron chi connectivity index (χ3n) is 4.19. The molecule has 5 nitrogen and oxygen atoms in total. The van der Waals surface area contributed by atoms with E-state index in [1.54, 1.807) is 4.90 Å². The topological polar surface area (TPSA) is 59.0 Å². The fourth-order valence-electron chi connectivity index (χ4n) is 3.07. The maximum atomic E-state index is 12.1. The molecule has 0 aromatic heterocycles. The van der Waals surface area contributed by atoms with E-state index in [1.165, 1.54) is 6.42 Å². The van der Waals surface area contributed by atoms with Crippen LogP contribution in [-0.4, -0.2) is 53.6 Å². The molecule has 2 fully saturated rings. The molecule has 1 amide bonds. The van der Waals surface area contributed by atoms with Crippen LogP contribution < -0.4 is 0 Å². The zero-order valence-corrected chi connectivity index (χ0v) is 13.5. The van der Waals surface area contributed by atoms with Crippen LogP contribution in [0.15, 0.2) is 0 Å². The molecule has 0 bridgehead atoms. The summed E-state index contributed by atoms with van der Waals surface area (Å²) >= 11 is 0. The monoisotopic (exact) mass is 299 g/mol. The number of piperidine rings is 1. The van der Waals surface area contributed by atoms with E-state index in [-0.39, 0.29) is 24.2 Å². The van der Waals surface area contributed by atoms with Crippen molar-refractivity contribution in [1.82, 2.24) is 4.90 Å². The van der Waals surface area contributed by atoms with Crippen molar-refractivity contribution in [3.05, 3.63) is 0 Å². The lowest BCUT2D eigenvalue weighted by Crippen LogP contribution is -2.48. The minimum Gasteiger partial charge on any atom is -0.444 e. The zero-order valence-electron chi connectivity index (χ0n) is 13.5. The van der Waals surface area contributed by atoms with Crippen LogP contribution in [0.2, 0.25) is 0 Å². The number of rotatable bonds is 2. The third-order valence-corrected chi connectivity index (χ3v) is 4.19. The van der Waals surface area contributed by atoms with Crippen molar-refractivity contribution in [2.24, 2.45) is 5.92 Å². The number of aliphatic hydroxyl groups is 1. The fourth-order valence-corrected chi connectivity index (χ4v) is 3.07. The molecule has 2 saturated heterocycles. The molecule has 2 aliphatic heterocycles. The highest BCUT2D eigenvalue weighted by Gasteiger charge is 2.34. The fraction of sp³-hybridized carbons (Fsp3) is 0.938. The second-order valence-corrected chi connectivity index (χ2v) is 7.27. The van der Waals surface area contributed by atoms with Crippen molar-refractivity contribution in [2.45, 2.75) is 70.7 Å². The number of nitrogens with zero attached hydrogens (tertiary/aromatic N) is 1. The van der Waals surface area contributed by atoms with E-state index in [0.29, 0.717) is 19.5 Å². The number of amides is 1. The van der Waals surface area contributed by atoms with Gasteiger partial charge in [-0.25, -0.2) is 4.79 Å². The maximum absolute atomic E-state index is 12.1. The smallest absolute Gasteiger partial charge is 0.410 e. The van der Waals surface area contributed by atoms with Gasteiger partial charge in [-0.1, -0.05) is 0 Å². The van der Waals surface area contributed by atoms with Gasteiger partial charge in [-0.3, -0.25) is 0 Å². The number of carbonyl (C=O) groups is 1. The molecule has 3 atom stereocenters. The number of ether oxygens (including phenoxy) is 2. The number of likely N-dealkylation sites (tertiary alicyclic amines) is 1. The van der Waals surface area contributed by atoms with Crippen LogP contribution in [0.1, 0.15) is 52.9 Å². The normalized spacial score (nSPS) is 31.0. The van der Waals surface area contributed by atoms with Gasteiger partial charge in [-0.05, 0) is 52.9 Å². The first kappa shape index (κ1) is 16.6. The average molecular weight is 299 g/mol. The number of hydrogen-bond acceptors (Lipinski definition) is 4. The van der Waals surface area contributed by atoms with Gasteiger partial charge in [0.2, 0.25) is 0 Å². The first-order valence-corrected chi connectivity index (χ1v) is 8.13. The zero-order chi connectivity index (χ0) is 15.5. The SMILES string of the molecule is CC(C)(C)OC(=O)N1CCC(O)C(CC2CCCCO2)C1. The molecular weight excluding hydrogens is 270 g/mol. The lowest BCUT2D eigenvalue weighted by Gasteiger charge is -2.38. The Morgan fingerprint density at radius 3 is 2.71 bits per heavy atom. The molecule has 0 saturated carbocycles. The molecule has 3 unspecified atom stereocenters. The predicted molar refractivity (Wildman–Crippen MR) is 80.1 cm³/mol. The number of carbonyl (C=O) groups excluding carboxylic acids is 1. The second-order valence-electron chi connectivity index (χ2n) is 7.27. The van der Waals surface area contributed by atoms with Gasteiger partial charge in [-0.15, -0.1) is 0 Å². The highest BCUT2D eigenvalue weighted by molar-refractivity contribution is 5.68. The summed E-state index contributed by atoms with van der Waals surface area (Å²) in [5.41, 5.74) is -0.477. The number of aliphatic hydroxyl groups excluding tert-OH is 1. The summed E-state index contributed by atoms with van der Waals surface area (Å²) < 4.78 is 11.2. The van der Waals surface area contributed by atoms with Gasteiger partial charge in [0.25, 0.3) is 0 Å². The van der Waals surface area contributed by atoms with Crippen LogP contribution >= 0.6 is 0 Å². The van der Waals surface area contributed by atoms with Crippen molar-refractivity contribution in [3.63, 3.8) is 0 Å². The molecule has 0 radical (unpaired) electrons. The summed E-state index contributed by atoms with van der Waals surface area (Å²) in [6.45, 7) is 7.57. The van der Waals surface area contributed by atoms with Crippen LogP contribution in [0.25, 0.3) is 0 Å². The predicted octanol–water partition coefficient (Wildman–Crippen LogP) is 2.56. The second kappa shape index (κ2) is 6.97. The molecule has 0 spiro atoms. The van der Waals surface area contributed by atoms with Gasteiger partial charge in [0.15, 0.2) is 0 Å². The van der Waals surface area contributed by atoms with E-state index in [4.69, 9.17) is 9.47 Å². The average Bonchev–Trinajstić information content (AvgIpc) is 2.40. The van der Waals surface area contributed by atoms with Crippen LogP contribution in [0, 0.1) is 5.92 Å². The largest absolute Gasteiger partial charge is 0.444 e. The highest BCUT2D eigenvalue weighted by atomic mass is 16.6. The lowest BCUT2D eigenvalue weighted by molar-refractivity contribution is -0.0433. The molecule has 2 rings (SSSR count). The molecule has 0 aliphatic carbocycles. The Balaban J connectivity index is 1.87. The summed E-state index contributed by atoms with van der Waals surface area (Å²) in [5.74, 6) is 0.0920. The Morgan fingerprint density at radius 2 is 2.10 bits per heavy atom. The Labute approximate surface area is 127 Å². The van der Waals surface area contributed by atoms with Crippen LogP contribution in [0.5, 0.6) is 0 Å². The lowest BCUT2D eigenvalue weighted by atomic mass is 9.88. The maximum Gasteiger partial charge on any atom is 0.410 e. The van der Waals surface area contributed by atoms with Gasteiger partial charge >= 0.3 is 6.09 Å². The molecule has 2 heterocycles. The first-order valence-electron chi connectivity index (χ1n) is 8.13. The quantitative estimate of drug-likeness (QED) is 0.851. The van der Waals surface area contributed by atoms with Crippen LogP contribution in [0.4, 0.5) is 4.79 Å². The molecule has 0 aromatic carbocycles. The van der Waals surface area contributed by atoms with Crippen LogP contribution in [0.3, 0.4) is 0 Å². The van der Waals surface area contributed by atoms with E-state index < -0.39 is 5.60 Å². The molecule has 21 heavy (non-hydrogen) atoms. The van der Waals surface area contributed by atoms with E-state index in [2.05, 4.69) is 0 Å². The summed E-state index contributed by atoms with van der Waals surface area (Å²) in [6.07, 6.45) is 4.47. The van der Waals surface area contributed by atoms with Gasteiger partial charge in [0, 0.05) is 25.6 Å². The van der Waals surface area contributed by atoms with Crippen molar-refractivity contribution in [3.8, 4) is 0 Å². The van der Waals surface area contributed by atoms with E-state index in [9.17, 15) is 9.90 Å². The first-order chi connectivity index (χ1) is 9.85. The highest BCUT2D eigenvalue weighted by Crippen LogP contribution is 2.27. The van der Waals surface area contributed by atoms with Crippen molar-refractivity contribution in [1.29, 1.82) is 0 Å². The molecule has 122 valence electrons. The summed E-state index contributed by atoms with van der Waals surface area (Å²) in [6, 6.07) is 0. The van der Waals surface area contributed by atoms with Gasteiger partial charge in [0.05, 0.1) is 12.2 Å². The minimum atomic E-state index is -0.477. The molecule has 5 heteroatoms. The molecule has 0 aromatic rings. The van der Waals surface area contributed by atoms with Gasteiger partial charge < -0.3 is 19.5 Å². The standard InChI is InChI=1S/C16H29NO4/c1-16(2,3)21-15(19)17-8-7-14(18)12(11-17)10-13-6-4-5-9-20-13/h12-14,18H,4-11H2,1-3H3. The summed E-state index contributed by atoms with van der Waals surface area (Å²) in [4.78, 5) is 13.9. The molecular formula is C16H29NO4. The Kier molecular flexibility index (Phi) is 5.49. The molecule has 2 aliphatic rings. The van der Waals surface area contributed by atoms with Gasteiger partial charge in [0.1, 0.15) is 5.60 Å². The molecule has 1 N–H and O–H groups in total. The summed E-state index contributed by atoms with van der Waals surface area (Å²) in [7, 11) is 0. The Morgan fingerprint density at radius 1 is 1.33 bits per heavy atom. The Bertz CT molecular complexity index is 347.